The van der Waals surface area contributed by atoms with Gasteiger partial charge in [-0.25, -0.2) is 0 Å². The molecule has 0 radical (unpaired) electrons. The topological polar surface area (TPSA) is 123 Å². The first-order valence-corrected chi connectivity index (χ1v) is 14.7. The van der Waals surface area contributed by atoms with Crippen LogP contribution >= 0.6 is 0 Å². The molecule has 2 amide bonds. The van der Waals surface area contributed by atoms with Gasteiger partial charge in [0.05, 0.1) is 6.04 Å². The quantitative estimate of drug-likeness (QED) is 0.288. The third-order valence-corrected chi connectivity index (χ3v) is 8.14. The van der Waals surface area contributed by atoms with Crippen LogP contribution in [0.1, 0.15) is 102 Å². The maximum absolute atomic E-state index is 13.8. The lowest BCUT2D eigenvalue weighted by atomic mass is 9.80. The molecule has 1 aromatic heterocycles. The number of rotatable bonds is 11. The molecular weight excluding hydrogens is 508 g/mol. The summed E-state index contributed by atoms with van der Waals surface area (Å²) >= 11 is 0. The Morgan fingerprint density at radius 1 is 0.975 bits per heavy atom. The number of furan rings is 1. The van der Waals surface area contributed by atoms with Gasteiger partial charge in [0.15, 0.2) is 11.5 Å². The van der Waals surface area contributed by atoms with Gasteiger partial charge in [0.1, 0.15) is 11.4 Å². The Morgan fingerprint density at radius 3 is 2.35 bits per heavy atom. The third kappa shape index (κ3) is 7.89. The van der Waals surface area contributed by atoms with Crippen molar-refractivity contribution in [2.75, 3.05) is 0 Å². The Bertz CT molecular complexity index is 1220. The van der Waals surface area contributed by atoms with Gasteiger partial charge >= 0.3 is 0 Å². The van der Waals surface area contributed by atoms with E-state index in [-0.39, 0.29) is 36.1 Å². The molecule has 0 bridgehead atoms. The zero-order chi connectivity index (χ0) is 28.9. The number of hydrogen-bond acceptors (Lipinski definition) is 6. The fraction of sp³-hybridized carbons (Fsp3) is 0.594. The number of hydrogen-bond donors (Lipinski definition) is 2. The van der Waals surface area contributed by atoms with E-state index in [0.717, 1.165) is 37.5 Å². The lowest BCUT2D eigenvalue weighted by molar-refractivity contribution is -0.141. The van der Waals surface area contributed by atoms with Crippen LogP contribution in [0.5, 0.6) is 0 Å². The molecule has 1 heterocycles. The standard InChI is InChI=1S/C32H42N2O6/c1-32(2,3)34-31(39)29(37)24(17-21-13-9-14-25(21)35)33-30(38)23(16-20-10-5-4-6-11-20)18-26(36)28-19-22-12-7-8-15-27(22)40-28/h7-8,12,15,19-21,23-24H,4-6,9-11,13-14,16-18H2,1-3H3,(H,33,38)(H,34,39)/t21-,23+,24-/m0/s1. The maximum atomic E-state index is 13.8. The zero-order valence-corrected chi connectivity index (χ0v) is 23.9. The van der Waals surface area contributed by atoms with Crippen LogP contribution < -0.4 is 10.6 Å². The number of ketones is 3. The lowest BCUT2D eigenvalue weighted by Crippen LogP contribution is -2.53. The van der Waals surface area contributed by atoms with Gasteiger partial charge in [-0.2, -0.15) is 0 Å². The monoisotopic (exact) mass is 550 g/mol. The van der Waals surface area contributed by atoms with E-state index < -0.39 is 35.1 Å². The minimum atomic E-state index is -1.13. The van der Waals surface area contributed by atoms with Crippen molar-refractivity contribution in [2.45, 2.75) is 103 Å². The van der Waals surface area contributed by atoms with E-state index in [0.29, 0.717) is 30.8 Å². The van der Waals surface area contributed by atoms with Gasteiger partial charge in [-0.15, -0.1) is 0 Å². The molecule has 8 nitrogen and oxygen atoms in total. The number of carbonyl (C=O) groups is 5. The molecule has 2 aromatic rings. The summed E-state index contributed by atoms with van der Waals surface area (Å²) in [6.45, 7) is 5.32. The minimum absolute atomic E-state index is 0.0559. The van der Waals surface area contributed by atoms with E-state index in [4.69, 9.17) is 4.42 Å². The van der Waals surface area contributed by atoms with E-state index in [1.807, 2.05) is 18.2 Å². The molecule has 2 N–H and O–H groups in total. The fourth-order valence-electron chi connectivity index (χ4n) is 6.06. The summed E-state index contributed by atoms with van der Waals surface area (Å²) in [5.41, 5.74) is -0.0246. The number of amides is 2. The molecule has 0 aliphatic heterocycles. The molecule has 4 rings (SSSR count). The first-order valence-electron chi connectivity index (χ1n) is 14.7. The number of Topliss-reactive ketones (excluding diaryl/α,β-unsaturated/α-hetero) is 3. The molecule has 8 heteroatoms. The van der Waals surface area contributed by atoms with Crippen LogP contribution in [-0.4, -0.2) is 40.7 Å². The Labute approximate surface area is 236 Å². The first-order chi connectivity index (χ1) is 19.0. The average Bonchev–Trinajstić information content (AvgIpc) is 3.53. The number of carbonyl (C=O) groups excluding carboxylic acids is 5. The number of nitrogens with one attached hydrogen (secondary N) is 2. The van der Waals surface area contributed by atoms with Gasteiger partial charge in [0.2, 0.25) is 11.7 Å². The van der Waals surface area contributed by atoms with E-state index in [1.165, 1.54) is 6.42 Å². The molecule has 2 aliphatic rings. The van der Waals surface area contributed by atoms with E-state index in [1.54, 1.807) is 32.9 Å². The summed E-state index contributed by atoms with van der Waals surface area (Å²) < 4.78 is 5.77. The van der Waals surface area contributed by atoms with Crippen LogP contribution in [0.2, 0.25) is 0 Å². The van der Waals surface area contributed by atoms with Gasteiger partial charge < -0.3 is 15.1 Å². The number of fused-ring (bicyclic) bond motifs is 1. The number of benzene rings is 1. The van der Waals surface area contributed by atoms with Crippen molar-refractivity contribution >= 4 is 40.1 Å². The van der Waals surface area contributed by atoms with Crippen molar-refractivity contribution in [1.82, 2.24) is 10.6 Å². The van der Waals surface area contributed by atoms with Gasteiger partial charge in [-0.1, -0.05) is 50.3 Å². The summed E-state index contributed by atoms with van der Waals surface area (Å²) in [5, 5.41) is 6.31. The van der Waals surface area contributed by atoms with Crippen molar-refractivity contribution in [3.05, 3.63) is 36.1 Å². The highest BCUT2D eigenvalue weighted by Crippen LogP contribution is 2.32. The predicted octanol–water partition coefficient (Wildman–Crippen LogP) is 5.32. The first kappa shape index (κ1) is 29.7. The van der Waals surface area contributed by atoms with E-state index in [2.05, 4.69) is 10.6 Å². The third-order valence-electron chi connectivity index (χ3n) is 8.14. The van der Waals surface area contributed by atoms with Crippen LogP contribution in [0.15, 0.2) is 34.7 Å². The number of para-hydroxylation sites is 1. The molecular formula is C32H42N2O6. The molecule has 0 spiro atoms. The smallest absolute Gasteiger partial charge is 0.290 e. The van der Waals surface area contributed by atoms with Crippen molar-refractivity contribution < 1.29 is 28.4 Å². The predicted molar refractivity (Wildman–Crippen MR) is 152 cm³/mol. The Kier molecular flexibility index (Phi) is 9.59. The maximum Gasteiger partial charge on any atom is 0.290 e. The molecule has 3 atom stereocenters. The van der Waals surface area contributed by atoms with Gasteiger partial charge in [0.25, 0.3) is 5.91 Å². The lowest BCUT2D eigenvalue weighted by Gasteiger charge is -2.28. The van der Waals surface area contributed by atoms with Crippen LogP contribution in [0.4, 0.5) is 0 Å². The van der Waals surface area contributed by atoms with E-state index >= 15 is 0 Å². The van der Waals surface area contributed by atoms with Crippen molar-refractivity contribution in [3.63, 3.8) is 0 Å². The van der Waals surface area contributed by atoms with Gasteiger partial charge in [-0.3, -0.25) is 24.0 Å². The largest absolute Gasteiger partial charge is 0.453 e. The summed E-state index contributed by atoms with van der Waals surface area (Å²) in [7, 11) is 0. The van der Waals surface area contributed by atoms with E-state index in [9.17, 15) is 24.0 Å². The van der Waals surface area contributed by atoms with Crippen LogP contribution in [0.25, 0.3) is 11.0 Å². The van der Waals surface area contributed by atoms with Gasteiger partial charge in [-0.05, 0) is 64.5 Å². The SMILES string of the molecule is CC(C)(C)NC(=O)C(=O)[C@H](C[C@@H]1CCCC1=O)NC(=O)[C@@H](CC(=O)c1cc2ccccc2o1)CC1CCCCC1. The zero-order valence-electron chi connectivity index (χ0n) is 23.9. The Morgan fingerprint density at radius 2 is 1.70 bits per heavy atom. The molecule has 40 heavy (non-hydrogen) atoms. The van der Waals surface area contributed by atoms with Crippen LogP contribution in [-0.2, 0) is 19.2 Å². The highest BCUT2D eigenvalue weighted by Gasteiger charge is 2.37. The molecule has 1 aromatic carbocycles. The Balaban J connectivity index is 1.54. The van der Waals surface area contributed by atoms with Gasteiger partial charge in [0, 0.05) is 35.6 Å². The normalized spacial score (nSPS) is 19.8. The van der Waals surface area contributed by atoms with Crippen molar-refractivity contribution in [2.24, 2.45) is 17.8 Å². The second-order valence-corrected chi connectivity index (χ2v) is 12.6. The molecule has 216 valence electrons. The second kappa shape index (κ2) is 12.9. The molecule has 2 saturated carbocycles. The summed E-state index contributed by atoms with van der Waals surface area (Å²) in [6, 6.07) is 7.93. The highest BCUT2D eigenvalue weighted by atomic mass is 16.3. The Hall–Kier alpha value is -3.29. The summed E-state index contributed by atoms with van der Waals surface area (Å²) in [4.78, 5) is 65.6. The average molecular weight is 551 g/mol. The molecule has 2 aliphatic carbocycles. The summed E-state index contributed by atoms with van der Waals surface area (Å²) in [5.74, 6) is -2.72. The molecule has 0 unspecified atom stereocenters. The minimum Gasteiger partial charge on any atom is -0.453 e. The highest BCUT2D eigenvalue weighted by molar-refractivity contribution is 6.38. The molecule has 2 fully saturated rings. The fourth-order valence-corrected chi connectivity index (χ4v) is 6.06. The van der Waals surface area contributed by atoms with Crippen LogP contribution in [0, 0.1) is 17.8 Å². The van der Waals surface area contributed by atoms with Crippen LogP contribution in [0.3, 0.4) is 0 Å². The molecule has 0 saturated heterocycles. The second-order valence-electron chi connectivity index (χ2n) is 12.6. The summed E-state index contributed by atoms with van der Waals surface area (Å²) in [6.07, 6.45) is 7.72. The van der Waals surface area contributed by atoms with Crippen molar-refractivity contribution in [3.8, 4) is 0 Å². The van der Waals surface area contributed by atoms with Crippen molar-refractivity contribution in [1.29, 1.82) is 0 Å².